The second kappa shape index (κ2) is 7.60. The first kappa shape index (κ1) is 17.8. The average Bonchev–Trinajstić information content (AvgIpc) is 3.28. The maximum absolute atomic E-state index is 12.6. The smallest absolute Gasteiger partial charge is 0.275 e. The highest BCUT2D eigenvalue weighted by Crippen LogP contribution is 2.38. The first-order valence-electron chi connectivity index (χ1n) is 9.57. The van der Waals surface area contributed by atoms with Gasteiger partial charge in [-0.25, -0.2) is 9.97 Å². The minimum Gasteiger partial charge on any atom is -0.321 e. The Morgan fingerprint density at radius 2 is 1.97 bits per heavy atom. The Morgan fingerprint density at radius 1 is 1.10 bits per heavy atom. The maximum atomic E-state index is 12.6. The zero-order chi connectivity index (χ0) is 19.6. The molecular weight excluding hydrogens is 382 g/mol. The number of benzene rings is 2. The number of hydrogen-bond acceptors (Lipinski definition) is 5. The number of thiazole rings is 1. The molecule has 2 heterocycles. The summed E-state index contributed by atoms with van der Waals surface area (Å²) in [5, 5.41) is 13.0. The van der Waals surface area contributed by atoms with Gasteiger partial charge in [-0.3, -0.25) is 9.89 Å². The van der Waals surface area contributed by atoms with Crippen LogP contribution >= 0.6 is 11.3 Å². The van der Waals surface area contributed by atoms with Gasteiger partial charge in [0.05, 0.1) is 5.01 Å². The highest BCUT2D eigenvalue weighted by atomic mass is 32.1. The minimum atomic E-state index is -0.216. The summed E-state index contributed by atoms with van der Waals surface area (Å²) >= 11 is 1.50. The van der Waals surface area contributed by atoms with E-state index in [1.54, 1.807) is 5.38 Å². The summed E-state index contributed by atoms with van der Waals surface area (Å²) < 4.78 is 0. The number of carbonyl (C=O) groups is 1. The van der Waals surface area contributed by atoms with Crippen LogP contribution in [0.3, 0.4) is 0 Å². The number of nitrogens with one attached hydrogen (secondary N) is 2. The number of hydrogen-bond donors (Lipinski definition) is 2. The third kappa shape index (κ3) is 4.09. The van der Waals surface area contributed by atoms with Crippen molar-refractivity contribution in [1.29, 1.82) is 0 Å². The summed E-state index contributed by atoms with van der Waals surface area (Å²) in [6.45, 7) is 0. The van der Waals surface area contributed by atoms with Gasteiger partial charge in [0, 0.05) is 29.0 Å². The molecule has 2 aromatic heterocycles. The number of nitrogens with zero attached hydrogens (tertiary/aromatic N) is 3. The lowest BCUT2D eigenvalue weighted by Gasteiger charge is -2.04. The summed E-state index contributed by atoms with van der Waals surface area (Å²) in [6.07, 6.45) is 3.07. The van der Waals surface area contributed by atoms with E-state index < -0.39 is 0 Å². The third-order valence-electron chi connectivity index (χ3n) is 4.83. The summed E-state index contributed by atoms with van der Waals surface area (Å²) in [7, 11) is 0. The Kier molecular flexibility index (Phi) is 4.65. The number of H-pyrrole nitrogens is 1. The van der Waals surface area contributed by atoms with Gasteiger partial charge in [0.2, 0.25) is 0 Å². The average molecular weight is 401 g/mol. The summed E-state index contributed by atoms with van der Waals surface area (Å²) in [5.74, 6) is 1.91. The molecule has 5 rings (SSSR count). The van der Waals surface area contributed by atoms with Crippen molar-refractivity contribution in [2.75, 3.05) is 5.32 Å². The van der Waals surface area contributed by atoms with Gasteiger partial charge in [-0.05, 0) is 30.5 Å². The fourth-order valence-corrected chi connectivity index (χ4v) is 3.95. The standard InChI is InChI=1S/C22H19N5OS/c28-22(18-13-29-19(24-18)11-14-5-2-1-3-6-14)23-17-8-4-7-16(12-17)21-25-20(26-27-21)15-9-10-15/h1-8,12-13,15H,9-11H2,(H,23,28)(H,25,26,27). The molecule has 7 heteroatoms. The number of aromatic amines is 1. The van der Waals surface area contributed by atoms with E-state index in [2.05, 4.69) is 37.6 Å². The second-order valence-corrected chi connectivity index (χ2v) is 8.08. The Bertz CT molecular complexity index is 1150. The van der Waals surface area contributed by atoms with Crippen LogP contribution in [0, 0.1) is 0 Å². The van der Waals surface area contributed by atoms with Crippen LogP contribution in [0.2, 0.25) is 0 Å². The molecule has 2 aromatic carbocycles. The first-order valence-corrected chi connectivity index (χ1v) is 10.4. The molecule has 2 N–H and O–H groups in total. The van der Waals surface area contributed by atoms with Crippen molar-refractivity contribution in [3.8, 4) is 11.4 Å². The van der Waals surface area contributed by atoms with Crippen molar-refractivity contribution < 1.29 is 4.79 Å². The van der Waals surface area contributed by atoms with Crippen molar-refractivity contribution in [1.82, 2.24) is 20.2 Å². The van der Waals surface area contributed by atoms with Crippen molar-refractivity contribution in [2.45, 2.75) is 25.2 Å². The molecule has 0 atom stereocenters. The maximum Gasteiger partial charge on any atom is 0.275 e. The van der Waals surface area contributed by atoms with Gasteiger partial charge < -0.3 is 5.32 Å². The van der Waals surface area contributed by atoms with Crippen molar-refractivity contribution in [3.05, 3.63) is 82.1 Å². The van der Waals surface area contributed by atoms with Crippen molar-refractivity contribution in [2.24, 2.45) is 0 Å². The fourth-order valence-electron chi connectivity index (χ4n) is 3.14. The van der Waals surface area contributed by atoms with E-state index in [-0.39, 0.29) is 5.91 Å². The van der Waals surface area contributed by atoms with E-state index in [0.717, 1.165) is 22.8 Å². The minimum absolute atomic E-state index is 0.216. The topological polar surface area (TPSA) is 83.6 Å². The van der Waals surface area contributed by atoms with Crippen molar-refractivity contribution >= 4 is 22.9 Å². The Balaban J connectivity index is 1.28. The number of anilines is 1. The van der Waals surface area contributed by atoms with Crippen LogP contribution in [-0.2, 0) is 6.42 Å². The molecular formula is C22H19N5OS. The van der Waals surface area contributed by atoms with Gasteiger partial charge in [0.25, 0.3) is 5.91 Å². The van der Waals surface area contributed by atoms with Crippen LogP contribution in [0.15, 0.2) is 60.0 Å². The molecule has 4 aromatic rings. The summed E-state index contributed by atoms with van der Waals surface area (Å²) in [5.41, 5.74) is 3.18. The van der Waals surface area contributed by atoms with E-state index in [9.17, 15) is 4.79 Å². The van der Waals surface area contributed by atoms with E-state index in [0.29, 0.717) is 23.1 Å². The van der Waals surface area contributed by atoms with Crippen LogP contribution in [0.5, 0.6) is 0 Å². The Morgan fingerprint density at radius 3 is 2.79 bits per heavy atom. The van der Waals surface area contributed by atoms with Crippen LogP contribution in [0.4, 0.5) is 5.69 Å². The molecule has 0 spiro atoms. The lowest BCUT2D eigenvalue weighted by Crippen LogP contribution is -2.12. The quantitative estimate of drug-likeness (QED) is 0.493. The zero-order valence-corrected chi connectivity index (χ0v) is 16.4. The SMILES string of the molecule is O=C(Nc1cccc(-c2n[nH]c(C3CC3)n2)c1)c1csc(Cc2ccccc2)n1. The molecule has 0 saturated heterocycles. The highest BCUT2D eigenvalue weighted by Gasteiger charge is 2.27. The number of rotatable bonds is 6. The monoisotopic (exact) mass is 401 g/mol. The van der Waals surface area contributed by atoms with Gasteiger partial charge in [-0.1, -0.05) is 42.5 Å². The Hall–Kier alpha value is -3.32. The summed E-state index contributed by atoms with van der Waals surface area (Å²) in [4.78, 5) is 21.7. The van der Waals surface area contributed by atoms with Crippen LogP contribution in [-0.4, -0.2) is 26.1 Å². The molecule has 29 heavy (non-hydrogen) atoms. The molecule has 1 aliphatic carbocycles. The van der Waals surface area contributed by atoms with E-state index >= 15 is 0 Å². The van der Waals surface area contributed by atoms with Crippen LogP contribution in [0.1, 0.15) is 45.6 Å². The Labute approximate surface area is 172 Å². The zero-order valence-electron chi connectivity index (χ0n) is 15.6. The van der Waals surface area contributed by atoms with Crippen molar-refractivity contribution in [3.63, 3.8) is 0 Å². The molecule has 0 aliphatic heterocycles. The van der Waals surface area contributed by atoms with Crippen LogP contribution < -0.4 is 5.32 Å². The molecule has 0 bridgehead atoms. The van der Waals surface area contributed by atoms with Gasteiger partial charge in [0.1, 0.15) is 11.5 Å². The highest BCUT2D eigenvalue weighted by molar-refractivity contribution is 7.09. The number of carbonyl (C=O) groups excluding carboxylic acids is 1. The summed E-state index contributed by atoms with van der Waals surface area (Å²) in [6, 6.07) is 17.7. The largest absolute Gasteiger partial charge is 0.321 e. The number of aromatic nitrogens is 4. The van der Waals surface area contributed by atoms with Gasteiger partial charge in [0.15, 0.2) is 5.82 Å². The van der Waals surface area contributed by atoms with E-state index in [1.807, 2.05) is 42.5 Å². The molecule has 144 valence electrons. The molecule has 6 nitrogen and oxygen atoms in total. The van der Waals surface area contributed by atoms with Gasteiger partial charge in [-0.2, -0.15) is 5.10 Å². The lowest BCUT2D eigenvalue weighted by molar-refractivity contribution is 0.102. The molecule has 1 amide bonds. The molecule has 1 fully saturated rings. The van der Waals surface area contributed by atoms with Gasteiger partial charge in [-0.15, -0.1) is 11.3 Å². The van der Waals surface area contributed by atoms with E-state index in [1.165, 1.54) is 29.7 Å². The van der Waals surface area contributed by atoms with E-state index in [4.69, 9.17) is 0 Å². The molecule has 0 unspecified atom stereocenters. The normalized spacial score (nSPS) is 13.4. The second-order valence-electron chi connectivity index (χ2n) is 7.14. The number of amides is 1. The fraction of sp³-hybridized carbons (Fsp3) is 0.182. The molecule has 1 aliphatic rings. The van der Waals surface area contributed by atoms with Gasteiger partial charge >= 0.3 is 0 Å². The predicted octanol–water partition coefficient (Wildman–Crippen LogP) is 4.65. The first-order chi connectivity index (χ1) is 14.2. The molecule has 1 saturated carbocycles. The molecule has 0 radical (unpaired) electrons. The predicted molar refractivity (Wildman–Crippen MR) is 113 cm³/mol. The lowest BCUT2D eigenvalue weighted by atomic mass is 10.2. The van der Waals surface area contributed by atoms with Crippen LogP contribution in [0.25, 0.3) is 11.4 Å². The third-order valence-corrected chi connectivity index (χ3v) is 5.68.